The van der Waals surface area contributed by atoms with E-state index in [4.69, 9.17) is 9.15 Å². The summed E-state index contributed by atoms with van der Waals surface area (Å²) in [5.41, 5.74) is 1.39. The first-order chi connectivity index (χ1) is 11.2. The molecule has 1 aliphatic rings. The highest BCUT2D eigenvalue weighted by Crippen LogP contribution is 2.34. The number of esters is 1. The number of fused-ring (bicyclic) bond motifs is 3. The average Bonchev–Trinajstić information content (AvgIpc) is 3.24. The normalized spacial score (nSPS) is 13.4. The van der Waals surface area contributed by atoms with Crippen LogP contribution in [0.4, 0.5) is 0 Å². The second-order valence-electron chi connectivity index (χ2n) is 5.46. The van der Waals surface area contributed by atoms with Crippen LogP contribution in [0.5, 0.6) is 0 Å². The quantitative estimate of drug-likeness (QED) is 0.689. The van der Waals surface area contributed by atoms with Crippen LogP contribution in [0.15, 0.2) is 27.9 Å². The first-order valence-corrected chi connectivity index (χ1v) is 8.15. The predicted molar refractivity (Wildman–Crippen MR) is 85.1 cm³/mol. The fraction of sp³-hybridized carbons (Fsp3) is 0.312. The summed E-state index contributed by atoms with van der Waals surface area (Å²) in [5.74, 6) is -0.0840. The van der Waals surface area contributed by atoms with Gasteiger partial charge in [-0.15, -0.1) is 11.3 Å². The van der Waals surface area contributed by atoms with Gasteiger partial charge in [0.2, 0.25) is 0 Å². The SMILES string of the molecule is COC(=O)c1ccoc1Cn1cnc2sc3c(c2c1=O)CCC3. The number of methoxy groups -OCH3 is 1. The zero-order chi connectivity index (χ0) is 16.0. The van der Waals surface area contributed by atoms with Crippen LogP contribution in [-0.2, 0) is 24.1 Å². The van der Waals surface area contributed by atoms with E-state index >= 15 is 0 Å². The first-order valence-electron chi connectivity index (χ1n) is 7.33. The van der Waals surface area contributed by atoms with Crippen LogP contribution in [0.1, 0.15) is 33.0 Å². The van der Waals surface area contributed by atoms with Crippen LogP contribution in [0.3, 0.4) is 0 Å². The molecule has 7 heteroatoms. The lowest BCUT2D eigenvalue weighted by Crippen LogP contribution is -2.22. The minimum atomic E-state index is -0.479. The van der Waals surface area contributed by atoms with Crippen LogP contribution < -0.4 is 5.56 Å². The molecule has 0 atom stereocenters. The van der Waals surface area contributed by atoms with Crippen molar-refractivity contribution in [1.82, 2.24) is 9.55 Å². The number of thiophene rings is 1. The van der Waals surface area contributed by atoms with Crippen molar-refractivity contribution < 1.29 is 13.9 Å². The number of rotatable bonds is 3. The summed E-state index contributed by atoms with van der Waals surface area (Å²) >= 11 is 1.61. The molecule has 1 aliphatic carbocycles. The minimum absolute atomic E-state index is 0.0818. The number of ether oxygens (including phenoxy) is 1. The van der Waals surface area contributed by atoms with Crippen molar-refractivity contribution in [2.45, 2.75) is 25.8 Å². The molecule has 6 nitrogen and oxygen atoms in total. The van der Waals surface area contributed by atoms with Crippen molar-refractivity contribution in [3.05, 3.63) is 50.8 Å². The van der Waals surface area contributed by atoms with Gasteiger partial charge < -0.3 is 9.15 Å². The molecule has 118 valence electrons. The van der Waals surface area contributed by atoms with E-state index in [1.165, 1.54) is 29.1 Å². The van der Waals surface area contributed by atoms with Crippen molar-refractivity contribution in [2.75, 3.05) is 7.11 Å². The molecule has 23 heavy (non-hydrogen) atoms. The van der Waals surface area contributed by atoms with Crippen molar-refractivity contribution in [3.8, 4) is 0 Å². The van der Waals surface area contributed by atoms with Crippen LogP contribution in [0.2, 0.25) is 0 Å². The Morgan fingerprint density at radius 1 is 1.48 bits per heavy atom. The molecule has 3 heterocycles. The number of hydrogen-bond donors (Lipinski definition) is 0. The number of nitrogens with zero attached hydrogens (tertiary/aromatic N) is 2. The molecule has 3 aromatic heterocycles. The molecule has 0 saturated heterocycles. The molecule has 0 saturated carbocycles. The van der Waals surface area contributed by atoms with Gasteiger partial charge in [0.05, 0.1) is 31.6 Å². The van der Waals surface area contributed by atoms with E-state index in [0.29, 0.717) is 11.3 Å². The number of carbonyl (C=O) groups is 1. The number of furan rings is 1. The molecule has 0 aromatic carbocycles. The van der Waals surface area contributed by atoms with Crippen molar-refractivity contribution in [1.29, 1.82) is 0 Å². The maximum absolute atomic E-state index is 12.8. The molecule has 0 N–H and O–H groups in total. The van der Waals surface area contributed by atoms with Gasteiger partial charge >= 0.3 is 5.97 Å². The highest BCUT2D eigenvalue weighted by molar-refractivity contribution is 7.18. The summed E-state index contributed by atoms with van der Waals surface area (Å²) in [4.78, 5) is 31.0. The summed E-state index contributed by atoms with van der Waals surface area (Å²) in [6, 6.07) is 1.54. The maximum Gasteiger partial charge on any atom is 0.341 e. The van der Waals surface area contributed by atoms with E-state index in [0.717, 1.165) is 35.0 Å². The average molecular weight is 330 g/mol. The monoisotopic (exact) mass is 330 g/mol. The molecular weight excluding hydrogens is 316 g/mol. The van der Waals surface area contributed by atoms with Gasteiger partial charge in [0, 0.05) is 4.88 Å². The summed E-state index contributed by atoms with van der Waals surface area (Å²) in [7, 11) is 1.31. The molecule has 0 aliphatic heterocycles. The zero-order valence-corrected chi connectivity index (χ0v) is 13.3. The van der Waals surface area contributed by atoms with E-state index < -0.39 is 5.97 Å². The Kier molecular flexibility index (Phi) is 3.30. The summed E-state index contributed by atoms with van der Waals surface area (Å²) in [5, 5.41) is 0.719. The van der Waals surface area contributed by atoms with Gasteiger partial charge in [0.25, 0.3) is 5.56 Å². The van der Waals surface area contributed by atoms with E-state index in [1.807, 2.05) is 0 Å². The lowest BCUT2D eigenvalue weighted by Gasteiger charge is -2.05. The maximum atomic E-state index is 12.8. The fourth-order valence-corrected chi connectivity index (χ4v) is 4.26. The number of hydrogen-bond acceptors (Lipinski definition) is 6. The summed E-state index contributed by atoms with van der Waals surface area (Å²) in [6.45, 7) is 0.157. The largest absolute Gasteiger partial charge is 0.467 e. The number of aryl methyl sites for hydroxylation is 2. The van der Waals surface area contributed by atoms with Crippen LogP contribution in [0.25, 0.3) is 10.2 Å². The van der Waals surface area contributed by atoms with Gasteiger partial charge in [-0.1, -0.05) is 0 Å². The molecule has 0 bridgehead atoms. The van der Waals surface area contributed by atoms with Gasteiger partial charge in [-0.2, -0.15) is 0 Å². The Morgan fingerprint density at radius 3 is 3.17 bits per heavy atom. The van der Waals surface area contributed by atoms with E-state index in [1.54, 1.807) is 17.4 Å². The first kappa shape index (κ1) is 14.2. The summed E-state index contributed by atoms with van der Waals surface area (Å²) < 4.78 is 11.6. The third kappa shape index (κ3) is 2.19. The Bertz CT molecular complexity index is 966. The van der Waals surface area contributed by atoms with Crippen molar-refractivity contribution in [2.24, 2.45) is 0 Å². The smallest absolute Gasteiger partial charge is 0.341 e. The Balaban J connectivity index is 1.79. The zero-order valence-electron chi connectivity index (χ0n) is 12.5. The fourth-order valence-electron chi connectivity index (χ4n) is 3.04. The van der Waals surface area contributed by atoms with Crippen molar-refractivity contribution >= 4 is 27.5 Å². The van der Waals surface area contributed by atoms with Gasteiger partial charge in [-0.05, 0) is 30.9 Å². The number of aromatic nitrogens is 2. The highest BCUT2D eigenvalue weighted by Gasteiger charge is 2.22. The standard InChI is InChI=1S/C16H14N2O4S/c1-21-16(20)9-5-6-22-11(9)7-18-8-17-14-13(15(18)19)10-3-2-4-12(10)23-14/h5-6,8H,2-4,7H2,1H3. The molecule has 0 unspecified atom stereocenters. The number of carbonyl (C=O) groups excluding carboxylic acids is 1. The molecule has 4 rings (SSSR count). The predicted octanol–water partition coefficient (Wildman–Crippen LogP) is 2.37. The lowest BCUT2D eigenvalue weighted by molar-refractivity contribution is 0.0598. The highest BCUT2D eigenvalue weighted by atomic mass is 32.1. The summed E-state index contributed by atoms with van der Waals surface area (Å²) in [6.07, 6.45) is 5.99. The van der Waals surface area contributed by atoms with E-state index in [9.17, 15) is 9.59 Å². The molecule has 0 spiro atoms. The molecular formula is C16H14N2O4S. The van der Waals surface area contributed by atoms with E-state index in [-0.39, 0.29) is 12.1 Å². The molecule has 0 radical (unpaired) electrons. The van der Waals surface area contributed by atoms with Crippen LogP contribution in [0, 0.1) is 0 Å². The minimum Gasteiger partial charge on any atom is -0.467 e. The Hall–Kier alpha value is -2.41. The molecule has 0 fully saturated rings. The van der Waals surface area contributed by atoms with Gasteiger partial charge in [0.1, 0.15) is 16.2 Å². The van der Waals surface area contributed by atoms with Gasteiger partial charge in [-0.3, -0.25) is 9.36 Å². The van der Waals surface area contributed by atoms with E-state index in [2.05, 4.69) is 4.98 Å². The van der Waals surface area contributed by atoms with Gasteiger partial charge in [0.15, 0.2) is 0 Å². The second-order valence-corrected chi connectivity index (χ2v) is 6.55. The molecule has 3 aromatic rings. The Labute approximate surface area is 135 Å². The van der Waals surface area contributed by atoms with Crippen LogP contribution in [-0.4, -0.2) is 22.6 Å². The third-order valence-electron chi connectivity index (χ3n) is 4.16. The second kappa shape index (κ2) is 5.34. The molecule has 0 amide bonds. The van der Waals surface area contributed by atoms with Crippen LogP contribution >= 0.6 is 11.3 Å². The van der Waals surface area contributed by atoms with Gasteiger partial charge in [-0.25, -0.2) is 9.78 Å². The lowest BCUT2D eigenvalue weighted by atomic mass is 10.2. The van der Waals surface area contributed by atoms with Crippen molar-refractivity contribution in [3.63, 3.8) is 0 Å². The topological polar surface area (TPSA) is 74.3 Å². The Morgan fingerprint density at radius 2 is 2.35 bits per heavy atom. The third-order valence-corrected chi connectivity index (χ3v) is 5.36.